The summed E-state index contributed by atoms with van der Waals surface area (Å²) in [6.07, 6.45) is 1.44. The van der Waals surface area contributed by atoms with E-state index in [1.54, 1.807) is 0 Å². The van der Waals surface area contributed by atoms with Crippen molar-refractivity contribution < 1.29 is 17.9 Å². The van der Waals surface area contributed by atoms with Crippen LogP contribution in [0.3, 0.4) is 0 Å². The number of thiazole rings is 1. The number of rotatable bonds is 5. The Labute approximate surface area is 155 Å². The highest BCUT2D eigenvalue weighted by atomic mass is 32.2. The molecule has 0 bridgehead atoms. The zero-order valence-electron chi connectivity index (χ0n) is 14.1. The maximum atomic E-state index is 12.7. The molecule has 1 aliphatic rings. The molecule has 0 atom stereocenters. The second-order valence-electron chi connectivity index (χ2n) is 5.53. The van der Waals surface area contributed by atoms with Crippen LogP contribution < -0.4 is 5.43 Å². The monoisotopic (exact) mass is 394 g/mol. The fourth-order valence-electron chi connectivity index (χ4n) is 2.39. The highest BCUT2D eigenvalue weighted by molar-refractivity contribution is 7.89. The molecule has 0 spiro atoms. The van der Waals surface area contributed by atoms with E-state index < -0.39 is 15.9 Å². The number of carbonyl (C=O) groups excluding carboxylic acids is 1. The molecule has 1 amide bonds. The fourth-order valence-corrected chi connectivity index (χ4v) is 4.41. The van der Waals surface area contributed by atoms with Gasteiger partial charge in [-0.05, 0) is 25.1 Å². The Bertz CT molecular complexity index is 918. The molecule has 2 aromatic rings. The average molecular weight is 394 g/mol. The van der Waals surface area contributed by atoms with Crippen LogP contribution in [0, 0.1) is 6.92 Å². The zero-order valence-corrected chi connectivity index (χ0v) is 15.7. The average Bonchev–Trinajstić information content (AvgIpc) is 3.07. The summed E-state index contributed by atoms with van der Waals surface area (Å²) in [7, 11) is -3.65. The number of sulfonamides is 1. The lowest BCUT2D eigenvalue weighted by atomic mass is 10.2. The molecule has 3 rings (SSSR count). The van der Waals surface area contributed by atoms with E-state index in [9.17, 15) is 13.2 Å². The van der Waals surface area contributed by atoms with Crippen LogP contribution in [0.15, 0.2) is 39.6 Å². The van der Waals surface area contributed by atoms with E-state index in [1.165, 1.54) is 46.1 Å². The minimum Gasteiger partial charge on any atom is -0.379 e. The molecule has 1 N–H and O–H groups in total. The van der Waals surface area contributed by atoms with Crippen LogP contribution in [0.1, 0.15) is 21.1 Å². The number of amides is 1. The van der Waals surface area contributed by atoms with Crippen molar-refractivity contribution in [1.29, 1.82) is 0 Å². The van der Waals surface area contributed by atoms with E-state index in [4.69, 9.17) is 4.74 Å². The summed E-state index contributed by atoms with van der Waals surface area (Å²) in [4.78, 5) is 16.5. The van der Waals surface area contributed by atoms with Crippen LogP contribution >= 0.6 is 11.3 Å². The van der Waals surface area contributed by atoms with E-state index in [0.29, 0.717) is 32.0 Å². The van der Waals surface area contributed by atoms with Crippen molar-refractivity contribution in [3.05, 3.63) is 45.9 Å². The van der Waals surface area contributed by atoms with E-state index >= 15 is 0 Å². The van der Waals surface area contributed by atoms with Crippen LogP contribution in [0.4, 0.5) is 0 Å². The third kappa shape index (κ3) is 4.33. The number of aromatic nitrogens is 1. The van der Waals surface area contributed by atoms with E-state index in [0.717, 1.165) is 5.01 Å². The summed E-state index contributed by atoms with van der Waals surface area (Å²) < 4.78 is 31.9. The van der Waals surface area contributed by atoms with Gasteiger partial charge < -0.3 is 4.74 Å². The number of morpholine rings is 1. The van der Waals surface area contributed by atoms with E-state index in [1.807, 2.05) is 12.3 Å². The van der Waals surface area contributed by atoms with Crippen molar-refractivity contribution in [2.75, 3.05) is 26.3 Å². The smallest absolute Gasteiger partial charge is 0.271 e. The van der Waals surface area contributed by atoms with Gasteiger partial charge in [0.1, 0.15) is 0 Å². The molecule has 26 heavy (non-hydrogen) atoms. The van der Waals surface area contributed by atoms with Crippen molar-refractivity contribution in [3.8, 4) is 0 Å². The first kappa shape index (κ1) is 18.6. The maximum Gasteiger partial charge on any atom is 0.271 e. The second kappa shape index (κ2) is 8.04. The molecule has 0 radical (unpaired) electrons. The summed E-state index contributed by atoms with van der Waals surface area (Å²) in [6, 6.07) is 5.90. The molecular weight excluding hydrogens is 376 g/mol. The second-order valence-corrected chi connectivity index (χ2v) is 8.53. The van der Waals surface area contributed by atoms with Crippen LogP contribution in [-0.2, 0) is 14.8 Å². The number of ether oxygens (including phenoxy) is 1. The highest BCUT2D eigenvalue weighted by Gasteiger charge is 2.26. The lowest BCUT2D eigenvalue weighted by Crippen LogP contribution is -2.40. The Balaban J connectivity index is 1.71. The summed E-state index contributed by atoms with van der Waals surface area (Å²) >= 11 is 1.48. The van der Waals surface area contributed by atoms with Gasteiger partial charge in [0.15, 0.2) is 0 Å². The molecule has 0 unspecified atom stereocenters. The summed E-state index contributed by atoms with van der Waals surface area (Å²) in [5.41, 5.74) is 3.24. The summed E-state index contributed by atoms with van der Waals surface area (Å²) in [5, 5.41) is 6.58. The lowest BCUT2D eigenvalue weighted by molar-refractivity contribution is 0.0730. The lowest BCUT2D eigenvalue weighted by Gasteiger charge is -2.26. The van der Waals surface area contributed by atoms with Gasteiger partial charge in [0.05, 0.1) is 35.0 Å². The minimum atomic E-state index is -3.65. The van der Waals surface area contributed by atoms with Crippen molar-refractivity contribution in [2.24, 2.45) is 5.10 Å². The fraction of sp³-hybridized carbons (Fsp3) is 0.312. The molecular formula is C16H18N4O4S2. The first-order chi connectivity index (χ1) is 12.5. The molecule has 1 fully saturated rings. The van der Waals surface area contributed by atoms with Gasteiger partial charge in [0.2, 0.25) is 10.0 Å². The molecule has 0 aliphatic carbocycles. The molecule has 2 heterocycles. The number of aryl methyl sites for hydroxylation is 1. The molecule has 1 aliphatic heterocycles. The van der Waals surface area contributed by atoms with Crippen LogP contribution in [0.2, 0.25) is 0 Å². The number of nitrogens with one attached hydrogen (secondary N) is 1. The van der Waals surface area contributed by atoms with Gasteiger partial charge in [-0.1, -0.05) is 6.07 Å². The highest BCUT2D eigenvalue weighted by Crippen LogP contribution is 2.18. The quantitative estimate of drug-likeness (QED) is 0.607. The number of carbonyl (C=O) groups is 1. The standard InChI is InChI=1S/C16H18N4O4S2/c1-12-18-14(11-25-12)10-17-19-16(21)13-3-2-4-15(9-13)26(22,23)20-5-7-24-8-6-20/h2-4,9-11H,5-8H2,1H3,(H,19,21)/b17-10-. The Morgan fingerprint density at radius 1 is 1.38 bits per heavy atom. The van der Waals surface area contributed by atoms with Crippen LogP contribution in [-0.4, -0.2) is 56.1 Å². The molecule has 1 aromatic carbocycles. The third-order valence-corrected chi connectivity index (χ3v) is 6.39. The van der Waals surface area contributed by atoms with Crippen LogP contribution in [0.25, 0.3) is 0 Å². The summed E-state index contributed by atoms with van der Waals surface area (Å²) in [5.74, 6) is -0.493. The van der Waals surface area contributed by atoms with E-state index in [-0.39, 0.29) is 10.5 Å². The van der Waals surface area contributed by atoms with Gasteiger partial charge in [-0.15, -0.1) is 11.3 Å². The van der Waals surface area contributed by atoms with Crippen molar-refractivity contribution in [2.45, 2.75) is 11.8 Å². The predicted molar refractivity (Wildman–Crippen MR) is 97.9 cm³/mol. The van der Waals surface area contributed by atoms with E-state index in [2.05, 4.69) is 15.5 Å². The first-order valence-electron chi connectivity index (χ1n) is 7.90. The Morgan fingerprint density at radius 2 is 2.15 bits per heavy atom. The van der Waals surface area contributed by atoms with Gasteiger partial charge in [-0.2, -0.15) is 9.41 Å². The Kier molecular flexibility index (Phi) is 5.77. The van der Waals surface area contributed by atoms with Crippen molar-refractivity contribution in [1.82, 2.24) is 14.7 Å². The third-order valence-electron chi connectivity index (χ3n) is 3.70. The van der Waals surface area contributed by atoms with Gasteiger partial charge >= 0.3 is 0 Å². The maximum absolute atomic E-state index is 12.7. The molecule has 1 saturated heterocycles. The topological polar surface area (TPSA) is 101 Å². The summed E-state index contributed by atoms with van der Waals surface area (Å²) in [6.45, 7) is 3.21. The predicted octanol–water partition coefficient (Wildman–Crippen LogP) is 1.24. The van der Waals surface area contributed by atoms with Gasteiger partial charge in [0, 0.05) is 24.0 Å². The Hall–Kier alpha value is -2.14. The number of hydrazone groups is 1. The number of benzene rings is 1. The van der Waals surface area contributed by atoms with Crippen LogP contribution in [0.5, 0.6) is 0 Å². The zero-order chi connectivity index (χ0) is 18.6. The Morgan fingerprint density at radius 3 is 2.85 bits per heavy atom. The first-order valence-corrected chi connectivity index (χ1v) is 10.2. The molecule has 10 heteroatoms. The van der Waals surface area contributed by atoms with Gasteiger partial charge in [-0.3, -0.25) is 4.79 Å². The van der Waals surface area contributed by atoms with Gasteiger partial charge in [-0.25, -0.2) is 18.8 Å². The normalized spacial score (nSPS) is 16.0. The number of nitrogens with zero attached hydrogens (tertiary/aromatic N) is 3. The molecule has 1 aromatic heterocycles. The SMILES string of the molecule is Cc1nc(/C=N\NC(=O)c2cccc(S(=O)(=O)N3CCOCC3)c2)cs1. The molecule has 0 saturated carbocycles. The molecule has 138 valence electrons. The molecule has 8 nitrogen and oxygen atoms in total. The number of hydrogen-bond donors (Lipinski definition) is 1. The van der Waals surface area contributed by atoms with Gasteiger partial charge in [0.25, 0.3) is 5.91 Å². The number of hydrogen-bond acceptors (Lipinski definition) is 7. The van der Waals surface area contributed by atoms with Crippen molar-refractivity contribution in [3.63, 3.8) is 0 Å². The largest absolute Gasteiger partial charge is 0.379 e. The minimum absolute atomic E-state index is 0.0751. The van der Waals surface area contributed by atoms with Crippen molar-refractivity contribution >= 4 is 33.5 Å².